The molecular weight excluding hydrogens is 282 g/mol. The molecule has 0 unspecified atom stereocenters. The van der Waals surface area contributed by atoms with Gasteiger partial charge in [-0.15, -0.1) is 10.2 Å². The molecule has 0 atom stereocenters. The van der Waals surface area contributed by atoms with Crippen LogP contribution in [-0.4, -0.2) is 16.7 Å². The highest BCUT2D eigenvalue weighted by atomic mass is 35.5. The summed E-state index contributed by atoms with van der Waals surface area (Å²) in [5, 5.41) is 14.1. The first-order valence-electron chi connectivity index (χ1n) is 7.68. The fraction of sp³-hybridized carbons (Fsp3) is 0.529. The standard InChI is InChI=1S/C17H24ClN3/c1-4-5-8-11-17(2,3)12-19-16-14-10-7-6-9-13(14)15(18)20-21-16/h6-7,9-10H,4-5,8,11-12H2,1-3H3,(H,19,21). The zero-order chi connectivity index (χ0) is 15.3. The van der Waals surface area contributed by atoms with Gasteiger partial charge in [0.05, 0.1) is 0 Å². The van der Waals surface area contributed by atoms with Crippen LogP contribution in [0.15, 0.2) is 24.3 Å². The maximum atomic E-state index is 6.10. The van der Waals surface area contributed by atoms with Gasteiger partial charge in [-0.05, 0) is 11.8 Å². The van der Waals surface area contributed by atoms with Gasteiger partial charge in [-0.1, -0.05) is 75.9 Å². The SMILES string of the molecule is CCCCCC(C)(C)CNc1nnc(Cl)c2ccccc12. The van der Waals surface area contributed by atoms with Gasteiger partial charge in [0.25, 0.3) is 0 Å². The average Bonchev–Trinajstić information content (AvgIpc) is 2.47. The molecule has 21 heavy (non-hydrogen) atoms. The maximum absolute atomic E-state index is 6.10. The molecule has 0 spiro atoms. The number of hydrogen-bond acceptors (Lipinski definition) is 3. The number of nitrogens with one attached hydrogen (secondary N) is 1. The van der Waals surface area contributed by atoms with Crippen molar-refractivity contribution in [3.05, 3.63) is 29.4 Å². The second kappa shape index (κ2) is 7.08. The van der Waals surface area contributed by atoms with Crippen molar-refractivity contribution in [2.75, 3.05) is 11.9 Å². The summed E-state index contributed by atoms with van der Waals surface area (Å²) in [7, 11) is 0. The lowest BCUT2D eigenvalue weighted by molar-refractivity contribution is 0.342. The maximum Gasteiger partial charge on any atom is 0.159 e. The molecule has 1 aromatic heterocycles. The Hall–Kier alpha value is -1.35. The molecule has 1 N–H and O–H groups in total. The van der Waals surface area contributed by atoms with E-state index in [1.165, 1.54) is 25.7 Å². The number of benzene rings is 1. The Labute approximate surface area is 132 Å². The number of anilines is 1. The van der Waals surface area contributed by atoms with Gasteiger partial charge in [-0.3, -0.25) is 0 Å². The molecule has 0 bridgehead atoms. The fourth-order valence-electron chi connectivity index (χ4n) is 2.47. The number of halogens is 1. The first-order valence-corrected chi connectivity index (χ1v) is 8.06. The van der Waals surface area contributed by atoms with Gasteiger partial charge in [0.15, 0.2) is 11.0 Å². The van der Waals surface area contributed by atoms with Crippen LogP contribution >= 0.6 is 11.6 Å². The molecule has 0 aliphatic heterocycles. The van der Waals surface area contributed by atoms with Crippen LogP contribution in [0.3, 0.4) is 0 Å². The molecule has 1 heterocycles. The number of unbranched alkanes of at least 4 members (excludes halogenated alkanes) is 2. The third kappa shape index (κ3) is 4.31. The zero-order valence-electron chi connectivity index (χ0n) is 13.1. The van der Waals surface area contributed by atoms with Crippen LogP contribution in [0.2, 0.25) is 5.15 Å². The van der Waals surface area contributed by atoms with Crippen molar-refractivity contribution in [2.24, 2.45) is 5.41 Å². The first-order chi connectivity index (χ1) is 10.0. The number of fused-ring (bicyclic) bond motifs is 1. The van der Waals surface area contributed by atoms with Gasteiger partial charge in [0.1, 0.15) is 0 Å². The van der Waals surface area contributed by atoms with Gasteiger partial charge < -0.3 is 5.32 Å². The van der Waals surface area contributed by atoms with E-state index in [-0.39, 0.29) is 5.41 Å². The van der Waals surface area contributed by atoms with Crippen LogP contribution in [0, 0.1) is 5.41 Å². The predicted molar refractivity (Wildman–Crippen MR) is 91.0 cm³/mol. The van der Waals surface area contributed by atoms with Gasteiger partial charge in [-0.25, -0.2) is 0 Å². The van der Waals surface area contributed by atoms with Gasteiger partial charge in [-0.2, -0.15) is 0 Å². The van der Waals surface area contributed by atoms with Crippen LogP contribution in [0.1, 0.15) is 46.5 Å². The normalized spacial score (nSPS) is 11.8. The Morgan fingerprint density at radius 3 is 2.52 bits per heavy atom. The fourth-order valence-corrected chi connectivity index (χ4v) is 2.67. The van der Waals surface area contributed by atoms with Crippen molar-refractivity contribution in [3.63, 3.8) is 0 Å². The Balaban J connectivity index is 2.08. The lowest BCUT2D eigenvalue weighted by atomic mass is 9.87. The van der Waals surface area contributed by atoms with E-state index in [1.54, 1.807) is 0 Å². The molecule has 0 saturated heterocycles. The van der Waals surface area contributed by atoms with Gasteiger partial charge in [0.2, 0.25) is 0 Å². The molecule has 0 aliphatic carbocycles. The number of nitrogens with zero attached hydrogens (tertiary/aromatic N) is 2. The molecule has 0 amide bonds. The smallest absolute Gasteiger partial charge is 0.159 e. The summed E-state index contributed by atoms with van der Waals surface area (Å²) in [4.78, 5) is 0. The third-order valence-corrected chi connectivity index (χ3v) is 4.11. The van der Waals surface area contributed by atoms with Crippen molar-refractivity contribution in [2.45, 2.75) is 46.5 Å². The topological polar surface area (TPSA) is 37.8 Å². The minimum atomic E-state index is 0.248. The largest absolute Gasteiger partial charge is 0.368 e. The molecular formula is C17H24ClN3. The monoisotopic (exact) mass is 305 g/mol. The van der Waals surface area contributed by atoms with Crippen LogP contribution in [0.5, 0.6) is 0 Å². The Kier molecular flexibility index (Phi) is 5.40. The van der Waals surface area contributed by atoms with E-state index in [4.69, 9.17) is 11.6 Å². The van der Waals surface area contributed by atoms with Crippen LogP contribution in [-0.2, 0) is 0 Å². The van der Waals surface area contributed by atoms with Crippen molar-refractivity contribution < 1.29 is 0 Å². The van der Waals surface area contributed by atoms with E-state index >= 15 is 0 Å². The van der Waals surface area contributed by atoms with Crippen LogP contribution < -0.4 is 5.32 Å². The molecule has 2 rings (SSSR count). The van der Waals surface area contributed by atoms with E-state index in [2.05, 4.69) is 36.3 Å². The molecule has 2 aromatic rings. The number of hydrogen-bond donors (Lipinski definition) is 1. The van der Waals surface area contributed by atoms with Crippen LogP contribution in [0.4, 0.5) is 5.82 Å². The summed E-state index contributed by atoms with van der Waals surface area (Å²) >= 11 is 6.10. The van der Waals surface area contributed by atoms with E-state index in [9.17, 15) is 0 Å². The summed E-state index contributed by atoms with van der Waals surface area (Å²) < 4.78 is 0. The minimum Gasteiger partial charge on any atom is -0.368 e. The van der Waals surface area contributed by atoms with Crippen LogP contribution in [0.25, 0.3) is 10.8 Å². The van der Waals surface area contributed by atoms with E-state index < -0.39 is 0 Å². The van der Waals surface area contributed by atoms with Gasteiger partial charge >= 0.3 is 0 Å². The molecule has 0 aliphatic rings. The molecule has 3 nitrogen and oxygen atoms in total. The van der Waals surface area contributed by atoms with E-state index in [0.717, 1.165) is 23.1 Å². The van der Waals surface area contributed by atoms with Crippen molar-refractivity contribution in [1.29, 1.82) is 0 Å². The highest BCUT2D eigenvalue weighted by Crippen LogP contribution is 2.28. The lowest BCUT2D eigenvalue weighted by Gasteiger charge is -2.25. The quantitative estimate of drug-likeness (QED) is 0.705. The average molecular weight is 306 g/mol. The predicted octanol–water partition coefficient (Wildman–Crippen LogP) is 5.30. The zero-order valence-corrected chi connectivity index (χ0v) is 13.9. The Bertz CT molecular complexity index is 596. The minimum absolute atomic E-state index is 0.248. The Morgan fingerprint density at radius 1 is 1.10 bits per heavy atom. The lowest BCUT2D eigenvalue weighted by Crippen LogP contribution is -2.23. The van der Waals surface area contributed by atoms with Crippen molar-refractivity contribution in [1.82, 2.24) is 10.2 Å². The van der Waals surface area contributed by atoms with Gasteiger partial charge in [0, 0.05) is 17.3 Å². The Morgan fingerprint density at radius 2 is 1.81 bits per heavy atom. The molecule has 0 saturated carbocycles. The molecule has 0 fully saturated rings. The molecule has 0 radical (unpaired) electrons. The second-order valence-corrected chi connectivity index (χ2v) is 6.72. The van der Waals surface area contributed by atoms with Crippen molar-refractivity contribution >= 4 is 28.2 Å². The summed E-state index contributed by atoms with van der Waals surface area (Å²) in [5.74, 6) is 0.818. The first kappa shape index (κ1) is 16.0. The third-order valence-electron chi connectivity index (χ3n) is 3.83. The summed E-state index contributed by atoms with van der Waals surface area (Å²) in [5.41, 5.74) is 0.248. The van der Waals surface area contributed by atoms with Crippen molar-refractivity contribution in [3.8, 4) is 0 Å². The summed E-state index contributed by atoms with van der Waals surface area (Å²) in [6.07, 6.45) is 5.05. The summed E-state index contributed by atoms with van der Waals surface area (Å²) in [6.45, 7) is 7.71. The summed E-state index contributed by atoms with van der Waals surface area (Å²) in [6, 6.07) is 7.97. The molecule has 4 heteroatoms. The second-order valence-electron chi connectivity index (χ2n) is 6.36. The van der Waals surface area contributed by atoms with E-state index in [0.29, 0.717) is 5.15 Å². The number of rotatable bonds is 7. The molecule has 1 aromatic carbocycles. The highest BCUT2D eigenvalue weighted by molar-refractivity contribution is 6.34. The van der Waals surface area contributed by atoms with E-state index in [1.807, 2.05) is 24.3 Å². The highest BCUT2D eigenvalue weighted by Gasteiger charge is 2.18. The molecule has 114 valence electrons. The number of aromatic nitrogens is 2.